The molecule has 4 aliphatic carbocycles. The van der Waals surface area contributed by atoms with E-state index >= 15 is 0 Å². The summed E-state index contributed by atoms with van der Waals surface area (Å²) in [5.41, 5.74) is 0.936. The molecular formula is C32H46FN3O3. The molecule has 4 aliphatic rings. The fourth-order valence-corrected chi connectivity index (χ4v) is 9.85. The molecule has 2 aromatic rings. The van der Waals surface area contributed by atoms with E-state index in [0.29, 0.717) is 34.8 Å². The van der Waals surface area contributed by atoms with Crippen LogP contribution in [0, 0.1) is 53.2 Å². The van der Waals surface area contributed by atoms with Crippen molar-refractivity contribution in [2.45, 2.75) is 111 Å². The number of hydrogen-bond donors (Lipinski definition) is 1. The molecule has 4 saturated carbocycles. The first kappa shape index (κ1) is 27.3. The zero-order valence-electron chi connectivity index (χ0n) is 24.4. The predicted octanol–water partition coefficient (Wildman–Crippen LogP) is 6.26. The van der Waals surface area contributed by atoms with Gasteiger partial charge in [0.2, 0.25) is 0 Å². The number of fused-ring (bicyclic) bond motifs is 6. The van der Waals surface area contributed by atoms with E-state index in [9.17, 15) is 14.3 Å². The molecular weight excluding hydrogens is 493 g/mol. The number of ketones is 1. The number of benzene rings is 1. The number of carbonyl (C=O) groups is 1. The van der Waals surface area contributed by atoms with Crippen molar-refractivity contribution in [3.63, 3.8) is 0 Å². The van der Waals surface area contributed by atoms with Gasteiger partial charge in [0.05, 0.1) is 23.8 Å². The van der Waals surface area contributed by atoms with Crippen molar-refractivity contribution in [3.05, 3.63) is 23.5 Å². The minimum Gasteiger partial charge on any atom is -0.390 e. The van der Waals surface area contributed by atoms with Crippen molar-refractivity contribution in [2.75, 3.05) is 6.61 Å². The van der Waals surface area contributed by atoms with Crippen molar-refractivity contribution in [3.8, 4) is 0 Å². The molecule has 0 bridgehead atoms. The van der Waals surface area contributed by atoms with Gasteiger partial charge in [0.1, 0.15) is 12.1 Å². The van der Waals surface area contributed by atoms with Crippen LogP contribution in [-0.4, -0.2) is 44.2 Å². The number of hydrogen-bond acceptors (Lipinski definition) is 5. The fourth-order valence-electron chi connectivity index (χ4n) is 9.85. The van der Waals surface area contributed by atoms with Crippen molar-refractivity contribution in [1.82, 2.24) is 15.0 Å². The van der Waals surface area contributed by atoms with Gasteiger partial charge in [-0.15, -0.1) is 5.10 Å². The summed E-state index contributed by atoms with van der Waals surface area (Å²) in [6.07, 6.45) is 9.56. The third kappa shape index (κ3) is 4.37. The van der Waals surface area contributed by atoms with E-state index in [1.165, 1.54) is 6.42 Å². The predicted molar refractivity (Wildman–Crippen MR) is 148 cm³/mol. The van der Waals surface area contributed by atoms with Gasteiger partial charge in [0.15, 0.2) is 11.6 Å². The Morgan fingerprint density at radius 1 is 1.13 bits per heavy atom. The lowest BCUT2D eigenvalue weighted by atomic mass is 9.43. The van der Waals surface area contributed by atoms with E-state index in [1.807, 2.05) is 13.0 Å². The monoisotopic (exact) mass is 539 g/mol. The summed E-state index contributed by atoms with van der Waals surface area (Å²) in [6, 6.07) is 3.56. The smallest absolute Gasteiger partial charge is 0.157 e. The lowest BCUT2D eigenvalue weighted by Crippen LogP contribution is -2.58. The maximum atomic E-state index is 14.6. The highest BCUT2D eigenvalue weighted by Crippen LogP contribution is 2.68. The molecule has 1 aromatic heterocycles. The number of aryl methyl sites for hydroxylation is 1. The van der Waals surface area contributed by atoms with Crippen LogP contribution in [0.25, 0.3) is 11.0 Å². The van der Waals surface area contributed by atoms with Gasteiger partial charge in [-0.1, -0.05) is 18.2 Å². The first-order chi connectivity index (χ1) is 18.4. The maximum Gasteiger partial charge on any atom is 0.157 e. The summed E-state index contributed by atoms with van der Waals surface area (Å²) in [6.45, 7) is 11.3. The molecule has 0 aliphatic heterocycles. The van der Waals surface area contributed by atoms with Gasteiger partial charge < -0.3 is 9.84 Å². The summed E-state index contributed by atoms with van der Waals surface area (Å²) in [5.74, 6) is 2.13. The van der Waals surface area contributed by atoms with Crippen LogP contribution in [0.3, 0.4) is 0 Å². The lowest BCUT2D eigenvalue weighted by molar-refractivity contribution is -0.183. The zero-order chi connectivity index (χ0) is 27.7. The van der Waals surface area contributed by atoms with Crippen molar-refractivity contribution >= 4 is 16.8 Å². The summed E-state index contributed by atoms with van der Waals surface area (Å²) < 4.78 is 22.5. The molecule has 0 unspecified atom stereocenters. The molecule has 0 amide bonds. The van der Waals surface area contributed by atoms with Crippen LogP contribution in [-0.2, 0) is 16.1 Å². The van der Waals surface area contributed by atoms with E-state index in [-0.39, 0.29) is 46.5 Å². The number of rotatable bonds is 6. The van der Waals surface area contributed by atoms with Crippen LogP contribution >= 0.6 is 0 Å². The average molecular weight is 540 g/mol. The topological polar surface area (TPSA) is 77.2 Å². The van der Waals surface area contributed by atoms with Gasteiger partial charge in [0, 0.05) is 5.92 Å². The number of aromatic nitrogens is 3. The molecule has 1 N–H and O–H groups in total. The first-order valence-corrected chi connectivity index (χ1v) is 15.3. The molecule has 0 radical (unpaired) electrons. The van der Waals surface area contributed by atoms with Gasteiger partial charge in [-0.05, 0) is 132 Å². The Labute approximate surface area is 232 Å². The number of aliphatic hydroxyl groups is 1. The molecule has 39 heavy (non-hydrogen) atoms. The van der Waals surface area contributed by atoms with E-state index in [1.54, 1.807) is 17.7 Å². The highest BCUT2D eigenvalue weighted by Gasteiger charge is 2.63. The summed E-state index contributed by atoms with van der Waals surface area (Å²) in [4.78, 5) is 13.8. The Hall–Kier alpha value is -1.86. The second-order valence-corrected chi connectivity index (χ2v) is 14.4. The molecule has 8 atom stereocenters. The fraction of sp³-hybridized carbons (Fsp3) is 0.781. The number of carbonyl (C=O) groups excluding carboxylic acids is 1. The van der Waals surface area contributed by atoms with Crippen LogP contribution in [0.15, 0.2) is 12.1 Å². The van der Waals surface area contributed by atoms with Crippen molar-refractivity contribution in [2.24, 2.45) is 40.4 Å². The molecule has 1 aromatic carbocycles. The summed E-state index contributed by atoms with van der Waals surface area (Å²) in [7, 11) is 0. The van der Waals surface area contributed by atoms with Gasteiger partial charge in [-0.3, -0.25) is 4.79 Å². The minimum absolute atomic E-state index is 0.00525. The zero-order valence-corrected chi connectivity index (χ0v) is 24.4. The lowest BCUT2D eigenvalue weighted by Gasteiger charge is -2.62. The van der Waals surface area contributed by atoms with Crippen LogP contribution in [0.5, 0.6) is 0 Å². The Kier molecular flexibility index (Phi) is 6.73. The third-order valence-corrected chi connectivity index (χ3v) is 11.9. The third-order valence-electron chi connectivity index (χ3n) is 11.9. The first-order valence-electron chi connectivity index (χ1n) is 15.3. The molecule has 1 heterocycles. The van der Waals surface area contributed by atoms with Crippen LogP contribution in [0.2, 0.25) is 0 Å². The van der Waals surface area contributed by atoms with E-state index in [4.69, 9.17) is 4.74 Å². The SMILES string of the molecule is Cc1ccc2c(nnn2CC(=O)[C@H]2CC[C@H]3[C@@H]4CC[C@@H]5C[C@](C)(O)CC[C@]5(COC(C)C)[C@H]4CC[C@]23C)c1F. The number of nitrogens with zero attached hydrogens (tertiary/aromatic N) is 3. The van der Waals surface area contributed by atoms with E-state index in [0.717, 1.165) is 58.0 Å². The largest absolute Gasteiger partial charge is 0.390 e. The van der Waals surface area contributed by atoms with Gasteiger partial charge in [-0.25, -0.2) is 9.07 Å². The van der Waals surface area contributed by atoms with Crippen LogP contribution in [0.4, 0.5) is 4.39 Å². The molecule has 6 nitrogen and oxygen atoms in total. The van der Waals surface area contributed by atoms with Crippen molar-refractivity contribution < 1.29 is 19.0 Å². The number of ether oxygens (including phenoxy) is 1. The Balaban J connectivity index is 1.24. The second kappa shape index (κ2) is 9.61. The van der Waals surface area contributed by atoms with Gasteiger partial charge in [-0.2, -0.15) is 0 Å². The molecule has 0 spiro atoms. The molecule has 0 saturated heterocycles. The normalized spacial score (nSPS) is 39.9. The minimum atomic E-state index is -0.569. The standard InChI is InChI=1S/C32H46FN3O3/c1-19(2)39-18-32-15-14-30(4,38)16-21(32)7-8-22-23-9-10-25(31(23,5)13-12-24(22)32)27(37)17-36-26-11-6-20(3)28(33)29(26)34-35-36/h6,11,19,21-25,38H,7-10,12-18H2,1-5H3/t21-,22+,23+,24+,25-,30-,31+,32-/m1/s1. The molecule has 214 valence electrons. The molecule has 7 heteroatoms. The Morgan fingerprint density at radius 3 is 2.69 bits per heavy atom. The van der Waals surface area contributed by atoms with E-state index < -0.39 is 5.60 Å². The Bertz CT molecular complexity index is 1250. The van der Waals surface area contributed by atoms with Gasteiger partial charge in [0.25, 0.3) is 0 Å². The number of halogens is 1. The second-order valence-electron chi connectivity index (χ2n) is 14.4. The highest BCUT2D eigenvalue weighted by atomic mass is 19.1. The molecule has 6 rings (SSSR count). The van der Waals surface area contributed by atoms with Gasteiger partial charge >= 0.3 is 0 Å². The van der Waals surface area contributed by atoms with E-state index in [2.05, 4.69) is 31.1 Å². The number of Topliss-reactive ketones (excluding diaryl/α,β-unsaturated/α-hetero) is 1. The summed E-state index contributed by atoms with van der Waals surface area (Å²) in [5, 5.41) is 19.2. The average Bonchev–Trinajstić information content (AvgIpc) is 3.45. The van der Waals surface area contributed by atoms with Crippen LogP contribution in [0.1, 0.15) is 91.0 Å². The summed E-state index contributed by atoms with van der Waals surface area (Å²) >= 11 is 0. The highest BCUT2D eigenvalue weighted by molar-refractivity contribution is 5.84. The van der Waals surface area contributed by atoms with Crippen molar-refractivity contribution in [1.29, 1.82) is 0 Å². The van der Waals surface area contributed by atoms with Crippen LogP contribution < -0.4 is 0 Å². The quantitative estimate of drug-likeness (QED) is 0.469. The Morgan fingerprint density at radius 2 is 1.92 bits per heavy atom. The molecule has 4 fully saturated rings. The maximum absolute atomic E-state index is 14.6.